The molecule has 2 aromatic rings. The number of esters is 1. The van der Waals surface area contributed by atoms with Crippen molar-refractivity contribution in [2.24, 2.45) is 0 Å². The number of nitrogens with zero attached hydrogens (tertiary/aromatic N) is 1. The smallest absolute Gasteiger partial charge is 0.317 e. The van der Waals surface area contributed by atoms with Crippen LogP contribution in [0.4, 0.5) is 5.69 Å². The molecule has 0 radical (unpaired) electrons. The Hall–Kier alpha value is -3.35. The average Bonchev–Trinajstić information content (AvgIpc) is 3.60. The van der Waals surface area contributed by atoms with Gasteiger partial charge in [-0.05, 0) is 56.5 Å². The van der Waals surface area contributed by atoms with Gasteiger partial charge in [0, 0.05) is 24.3 Å². The Morgan fingerprint density at radius 1 is 0.933 bits per heavy atom. The second-order valence-electron chi connectivity index (χ2n) is 7.25. The standard InChI is InChI=1S/C23H27N3O4/c1-3-26(4-2)19-12-10-17(11-13-19)21(28)25-24-20(27)16-30-22(29)23(14-15-23)18-8-6-5-7-9-18/h5-13H,3-4,14-16H2,1-2H3,(H,24,27)(H,25,28). The molecule has 0 aliphatic heterocycles. The van der Waals surface area contributed by atoms with Crippen molar-refractivity contribution in [1.82, 2.24) is 10.9 Å². The van der Waals surface area contributed by atoms with Gasteiger partial charge in [-0.1, -0.05) is 30.3 Å². The molecule has 1 fully saturated rings. The molecule has 7 heteroatoms. The second-order valence-corrected chi connectivity index (χ2v) is 7.25. The van der Waals surface area contributed by atoms with Gasteiger partial charge in [0.25, 0.3) is 11.8 Å². The maximum atomic E-state index is 12.4. The predicted molar refractivity (Wildman–Crippen MR) is 114 cm³/mol. The van der Waals surface area contributed by atoms with Crippen LogP contribution in [-0.4, -0.2) is 37.5 Å². The summed E-state index contributed by atoms with van der Waals surface area (Å²) in [6.45, 7) is 5.44. The summed E-state index contributed by atoms with van der Waals surface area (Å²) in [4.78, 5) is 38.8. The van der Waals surface area contributed by atoms with Crippen LogP contribution in [0.5, 0.6) is 0 Å². The summed E-state index contributed by atoms with van der Waals surface area (Å²) in [6.07, 6.45) is 1.41. The monoisotopic (exact) mass is 409 g/mol. The third-order valence-electron chi connectivity index (χ3n) is 5.38. The van der Waals surface area contributed by atoms with E-state index in [1.807, 2.05) is 42.5 Å². The topological polar surface area (TPSA) is 87.7 Å². The fourth-order valence-corrected chi connectivity index (χ4v) is 3.41. The highest BCUT2D eigenvalue weighted by molar-refractivity contribution is 5.96. The molecular weight excluding hydrogens is 382 g/mol. The third kappa shape index (κ3) is 4.79. The Bertz CT molecular complexity index is 888. The number of hydrazine groups is 1. The lowest BCUT2D eigenvalue weighted by atomic mass is 9.96. The number of benzene rings is 2. The number of nitrogens with one attached hydrogen (secondary N) is 2. The Morgan fingerprint density at radius 2 is 1.57 bits per heavy atom. The van der Waals surface area contributed by atoms with Crippen LogP contribution in [-0.2, 0) is 19.7 Å². The summed E-state index contributed by atoms with van der Waals surface area (Å²) < 4.78 is 5.18. The highest BCUT2D eigenvalue weighted by Crippen LogP contribution is 2.49. The van der Waals surface area contributed by atoms with E-state index >= 15 is 0 Å². The fraction of sp³-hybridized carbons (Fsp3) is 0.348. The van der Waals surface area contributed by atoms with Crippen LogP contribution >= 0.6 is 0 Å². The van der Waals surface area contributed by atoms with Gasteiger partial charge in [0.15, 0.2) is 6.61 Å². The van der Waals surface area contributed by atoms with Gasteiger partial charge in [0.05, 0.1) is 5.41 Å². The maximum Gasteiger partial charge on any atom is 0.317 e. The highest BCUT2D eigenvalue weighted by atomic mass is 16.5. The number of rotatable bonds is 8. The van der Waals surface area contributed by atoms with Gasteiger partial charge in [-0.3, -0.25) is 25.2 Å². The van der Waals surface area contributed by atoms with Gasteiger partial charge in [-0.25, -0.2) is 0 Å². The van der Waals surface area contributed by atoms with Gasteiger partial charge >= 0.3 is 5.97 Å². The van der Waals surface area contributed by atoms with E-state index in [4.69, 9.17) is 4.74 Å². The first-order valence-corrected chi connectivity index (χ1v) is 10.2. The number of hydrogen-bond acceptors (Lipinski definition) is 5. The van der Waals surface area contributed by atoms with E-state index in [0.717, 1.165) is 24.3 Å². The van der Waals surface area contributed by atoms with E-state index in [2.05, 4.69) is 29.6 Å². The number of carbonyl (C=O) groups excluding carboxylic acids is 3. The largest absolute Gasteiger partial charge is 0.455 e. The van der Waals surface area contributed by atoms with Gasteiger partial charge < -0.3 is 9.64 Å². The van der Waals surface area contributed by atoms with Crippen molar-refractivity contribution in [2.45, 2.75) is 32.1 Å². The molecule has 0 bridgehead atoms. The van der Waals surface area contributed by atoms with Crippen LogP contribution in [0.3, 0.4) is 0 Å². The molecule has 0 atom stereocenters. The second kappa shape index (κ2) is 9.43. The van der Waals surface area contributed by atoms with Crippen LogP contribution in [0.1, 0.15) is 42.6 Å². The number of anilines is 1. The summed E-state index contributed by atoms with van der Waals surface area (Å²) in [5, 5.41) is 0. The Morgan fingerprint density at radius 3 is 2.13 bits per heavy atom. The summed E-state index contributed by atoms with van der Waals surface area (Å²) >= 11 is 0. The minimum absolute atomic E-state index is 0.415. The molecule has 2 aromatic carbocycles. The zero-order valence-electron chi connectivity index (χ0n) is 17.3. The maximum absolute atomic E-state index is 12.4. The van der Waals surface area contributed by atoms with E-state index in [0.29, 0.717) is 18.4 Å². The van der Waals surface area contributed by atoms with Crippen LogP contribution in [0.25, 0.3) is 0 Å². The molecule has 0 aromatic heterocycles. The average molecular weight is 409 g/mol. The summed E-state index contributed by atoms with van der Waals surface area (Å²) in [6, 6.07) is 16.5. The van der Waals surface area contributed by atoms with Crippen molar-refractivity contribution < 1.29 is 19.1 Å². The van der Waals surface area contributed by atoms with Crippen molar-refractivity contribution in [1.29, 1.82) is 0 Å². The molecule has 0 saturated heterocycles. The molecule has 2 N–H and O–H groups in total. The van der Waals surface area contributed by atoms with Crippen LogP contribution in [0.15, 0.2) is 54.6 Å². The molecule has 0 heterocycles. The molecule has 158 valence electrons. The quantitative estimate of drug-likeness (QED) is 0.517. The number of hydrogen-bond donors (Lipinski definition) is 2. The van der Waals surface area contributed by atoms with Crippen LogP contribution in [0.2, 0.25) is 0 Å². The molecule has 7 nitrogen and oxygen atoms in total. The molecule has 2 amide bonds. The SMILES string of the molecule is CCN(CC)c1ccc(C(=O)NNC(=O)COC(=O)C2(c3ccccc3)CC2)cc1. The van der Waals surface area contributed by atoms with Crippen molar-refractivity contribution in [2.75, 3.05) is 24.6 Å². The van der Waals surface area contributed by atoms with Gasteiger partial charge in [-0.15, -0.1) is 0 Å². The predicted octanol–water partition coefficient (Wildman–Crippen LogP) is 2.57. The summed E-state index contributed by atoms with van der Waals surface area (Å²) in [7, 11) is 0. The minimum Gasteiger partial charge on any atom is -0.455 e. The van der Waals surface area contributed by atoms with Crippen LogP contribution < -0.4 is 15.8 Å². The van der Waals surface area contributed by atoms with E-state index in [1.54, 1.807) is 12.1 Å². The fourth-order valence-electron chi connectivity index (χ4n) is 3.41. The first-order chi connectivity index (χ1) is 14.5. The first kappa shape index (κ1) is 21.4. The normalized spacial score (nSPS) is 13.8. The zero-order chi connectivity index (χ0) is 21.6. The van der Waals surface area contributed by atoms with E-state index in [-0.39, 0.29) is 0 Å². The summed E-state index contributed by atoms with van der Waals surface area (Å²) in [5.74, 6) is -1.45. The van der Waals surface area contributed by atoms with Gasteiger partial charge in [0.1, 0.15) is 0 Å². The molecule has 0 unspecified atom stereocenters. The molecule has 0 spiro atoms. The lowest BCUT2D eigenvalue weighted by molar-refractivity contribution is -0.151. The third-order valence-corrected chi connectivity index (χ3v) is 5.38. The van der Waals surface area contributed by atoms with E-state index in [9.17, 15) is 14.4 Å². The van der Waals surface area contributed by atoms with Crippen molar-refractivity contribution in [3.63, 3.8) is 0 Å². The van der Waals surface area contributed by atoms with Gasteiger partial charge in [-0.2, -0.15) is 0 Å². The molecule has 3 rings (SSSR count). The number of ether oxygens (including phenoxy) is 1. The van der Waals surface area contributed by atoms with Crippen molar-refractivity contribution in [3.05, 3.63) is 65.7 Å². The van der Waals surface area contributed by atoms with Crippen molar-refractivity contribution >= 4 is 23.5 Å². The van der Waals surface area contributed by atoms with E-state index in [1.165, 1.54) is 0 Å². The minimum atomic E-state index is -0.641. The van der Waals surface area contributed by atoms with Gasteiger partial charge in [0.2, 0.25) is 0 Å². The number of carbonyl (C=O) groups is 3. The van der Waals surface area contributed by atoms with Crippen molar-refractivity contribution in [3.8, 4) is 0 Å². The molecule has 1 aliphatic carbocycles. The molecule has 1 aliphatic rings. The summed E-state index contributed by atoms with van der Waals surface area (Å²) in [5.41, 5.74) is 6.33. The highest BCUT2D eigenvalue weighted by Gasteiger charge is 2.52. The Labute approximate surface area is 176 Å². The molecule has 1 saturated carbocycles. The zero-order valence-corrected chi connectivity index (χ0v) is 17.3. The Kier molecular flexibility index (Phi) is 6.72. The molecule has 30 heavy (non-hydrogen) atoms. The Balaban J connectivity index is 1.45. The lowest BCUT2D eigenvalue weighted by Gasteiger charge is -2.21. The van der Waals surface area contributed by atoms with E-state index < -0.39 is 29.8 Å². The lowest BCUT2D eigenvalue weighted by Crippen LogP contribution is -2.44. The van der Waals surface area contributed by atoms with Crippen LogP contribution in [0, 0.1) is 0 Å². The number of amides is 2. The first-order valence-electron chi connectivity index (χ1n) is 10.2. The molecular formula is C23H27N3O4.